The van der Waals surface area contributed by atoms with Gasteiger partial charge in [0, 0.05) is 5.71 Å². The number of nitrogens with zero attached hydrogens (tertiary/aromatic N) is 1. The van der Waals surface area contributed by atoms with Crippen molar-refractivity contribution in [2.24, 2.45) is 0 Å². The maximum absolute atomic E-state index is 7.98. The maximum Gasteiger partial charge on any atom is 0.157 e. The van der Waals surface area contributed by atoms with E-state index in [-0.39, 0.29) is 5.71 Å². The third-order valence-electron chi connectivity index (χ3n) is 0.494. The molecule has 0 amide bonds. The molecule has 0 aromatic rings. The molecule has 0 bridgehead atoms. The molecule has 0 fully saturated rings. The van der Waals surface area contributed by atoms with E-state index in [1.807, 2.05) is 0 Å². The number of nitrogens with one attached hydrogen (secondary N) is 1. The SMILES string of the molecule is CC(=N)C(Cl)C#N. The van der Waals surface area contributed by atoms with Crippen LogP contribution >= 0.6 is 11.6 Å². The molecule has 0 saturated heterocycles. The molecule has 38 valence electrons. The predicted molar refractivity (Wildman–Crippen MR) is 28.7 cm³/mol. The molecule has 0 saturated carbocycles. The predicted octanol–water partition coefficient (Wildman–Crippen LogP) is 1.16. The number of alkyl halides is 1. The molecule has 0 aliphatic carbocycles. The minimum absolute atomic E-state index is 0.198. The minimum Gasteiger partial charge on any atom is -0.307 e. The summed E-state index contributed by atoms with van der Waals surface area (Å²) in [6.45, 7) is 1.50. The van der Waals surface area contributed by atoms with E-state index in [1.165, 1.54) is 6.92 Å². The first-order valence-electron chi connectivity index (χ1n) is 1.77. The van der Waals surface area contributed by atoms with Crippen LogP contribution in [0.2, 0.25) is 0 Å². The fourth-order valence-corrected chi connectivity index (χ4v) is 0.0968. The van der Waals surface area contributed by atoms with Gasteiger partial charge in [0.25, 0.3) is 0 Å². The van der Waals surface area contributed by atoms with Crippen LogP contribution in [0.4, 0.5) is 0 Å². The highest BCUT2D eigenvalue weighted by molar-refractivity contribution is 6.33. The third kappa shape index (κ3) is 2.18. The molecule has 0 aromatic carbocycles. The Morgan fingerprint density at radius 1 is 2.00 bits per heavy atom. The highest BCUT2D eigenvalue weighted by Gasteiger charge is 2.00. The highest BCUT2D eigenvalue weighted by Crippen LogP contribution is 1.92. The molecule has 1 unspecified atom stereocenters. The smallest absolute Gasteiger partial charge is 0.157 e. The molecule has 2 nitrogen and oxygen atoms in total. The normalized spacial score (nSPS) is 12.1. The zero-order chi connectivity index (χ0) is 5.86. The van der Waals surface area contributed by atoms with Crippen LogP contribution in [0.3, 0.4) is 0 Å². The largest absolute Gasteiger partial charge is 0.307 e. The topological polar surface area (TPSA) is 47.6 Å². The lowest BCUT2D eigenvalue weighted by atomic mass is 10.3. The van der Waals surface area contributed by atoms with Crippen molar-refractivity contribution in [1.82, 2.24) is 0 Å². The Morgan fingerprint density at radius 2 is 2.43 bits per heavy atom. The lowest BCUT2D eigenvalue weighted by molar-refractivity contribution is 1.33. The van der Waals surface area contributed by atoms with Gasteiger partial charge in [0.1, 0.15) is 0 Å². The van der Waals surface area contributed by atoms with E-state index in [4.69, 9.17) is 22.3 Å². The summed E-state index contributed by atoms with van der Waals surface area (Å²) in [5.41, 5.74) is 0.198. The first-order chi connectivity index (χ1) is 3.18. The van der Waals surface area contributed by atoms with Crippen molar-refractivity contribution in [2.45, 2.75) is 12.3 Å². The second-order valence-electron chi connectivity index (χ2n) is 1.17. The van der Waals surface area contributed by atoms with Gasteiger partial charge in [-0.2, -0.15) is 5.26 Å². The molecule has 3 heteroatoms. The molecule has 0 rings (SSSR count). The van der Waals surface area contributed by atoms with Crippen molar-refractivity contribution < 1.29 is 0 Å². The van der Waals surface area contributed by atoms with Crippen LogP contribution in [-0.4, -0.2) is 11.1 Å². The number of rotatable bonds is 1. The second-order valence-corrected chi connectivity index (χ2v) is 1.61. The van der Waals surface area contributed by atoms with Crippen LogP contribution in [0.25, 0.3) is 0 Å². The highest BCUT2D eigenvalue weighted by atomic mass is 35.5. The Balaban J connectivity index is 3.63. The standard InChI is InChI=1S/C4H5ClN2/c1-3(7)4(5)2-6/h4,7H,1H3. The van der Waals surface area contributed by atoms with Crippen LogP contribution in [0.5, 0.6) is 0 Å². The van der Waals surface area contributed by atoms with Crippen molar-refractivity contribution in [3.63, 3.8) is 0 Å². The van der Waals surface area contributed by atoms with Crippen LogP contribution in [0.1, 0.15) is 6.92 Å². The molecule has 0 aliphatic heterocycles. The Bertz CT molecular complexity index is 113. The number of hydrogen-bond acceptors (Lipinski definition) is 2. The summed E-state index contributed by atoms with van der Waals surface area (Å²) in [6.07, 6.45) is 0. The van der Waals surface area contributed by atoms with Gasteiger partial charge in [0.15, 0.2) is 5.38 Å². The van der Waals surface area contributed by atoms with Crippen LogP contribution in [-0.2, 0) is 0 Å². The number of hydrogen-bond donors (Lipinski definition) is 1. The number of halogens is 1. The van der Waals surface area contributed by atoms with Gasteiger partial charge in [-0.15, -0.1) is 0 Å². The van der Waals surface area contributed by atoms with Crippen LogP contribution < -0.4 is 0 Å². The third-order valence-corrected chi connectivity index (χ3v) is 0.918. The molecular weight excluding hydrogens is 112 g/mol. The van der Waals surface area contributed by atoms with Crippen molar-refractivity contribution in [1.29, 1.82) is 10.7 Å². The molecule has 7 heavy (non-hydrogen) atoms. The Labute approximate surface area is 47.2 Å². The average molecular weight is 117 g/mol. The summed E-state index contributed by atoms with van der Waals surface area (Å²) in [6, 6.07) is 1.71. The monoisotopic (exact) mass is 116 g/mol. The van der Waals surface area contributed by atoms with Crippen molar-refractivity contribution in [3.05, 3.63) is 0 Å². The molecular formula is C4H5ClN2. The Hall–Kier alpha value is -0.550. The van der Waals surface area contributed by atoms with Crippen molar-refractivity contribution in [2.75, 3.05) is 0 Å². The summed E-state index contributed by atoms with van der Waals surface area (Å²) in [5, 5.41) is 14.0. The van der Waals surface area contributed by atoms with Gasteiger partial charge in [-0.25, -0.2) is 0 Å². The summed E-state index contributed by atoms with van der Waals surface area (Å²) < 4.78 is 0. The van der Waals surface area contributed by atoms with Crippen molar-refractivity contribution >= 4 is 17.3 Å². The van der Waals surface area contributed by atoms with E-state index in [2.05, 4.69) is 0 Å². The molecule has 0 heterocycles. The van der Waals surface area contributed by atoms with E-state index in [0.717, 1.165) is 0 Å². The molecule has 1 atom stereocenters. The van der Waals surface area contributed by atoms with E-state index >= 15 is 0 Å². The molecule has 0 radical (unpaired) electrons. The summed E-state index contributed by atoms with van der Waals surface area (Å²) in [4.78, 5) is 0. The fraction of sp³-hybridized carbons (Fsp3) is 0.500. The zero-order valence-electron chi connectivity index (χ0n) is 3.90. The van der Waals surface area contributed by atoms with E-state index in [1.54, 1.807) is 6.07 Å². The fourth-order valence-electron chi connectivity index (χ4n) is 0.0968. The summed E-state index contributed by atoms with van der Waals surface area (Å²) >= 11 is 5.21. The Morgan fingerprint density at radius 3 is 2.43 bits per heavy atom. The van der Waals surface area contributed by atoms with E-state index < -0.39 is 5.38 Å². The van der Waals surface area contributed by atoms with Gasteiger partial charge in [-0.3, -0.25) is 0 Å². The van der Waals surface area contributed by atoms with Gasteiger partial charge in [0.05, 0.1) is 6.07 Å². The second kappa shape index (κ2) is 2.59. The molecule has 1 N–H and O–H groups in total. The van der Waals surface area contributed by atoms with Gasteiger partial charge in [0.2, 0.25) is 0 Å². The van der Waals surface area contributed by atoms with Gasteiger partial charge in [-0.05, 0) is 6.92 Å². The van der Waals surface area contributed by atoms with Crippen LogP contribution in [0.15, 0.2) is 0 Å². The molecule has 0 spiro atoms. The zero-order valence-corrected chi connectivity index (χ0v) is 4.66. The van der Waals surface area contributed by atoms with Gasteiger partial charge >= 0.3 is 0 Å². The first-order valence-corrected chi connectivity index (χ1v) is 2.21. The Kier molecular flexibility index (Phi) is 2.39. The van der Waals surface area contributed by atoms with Crippen LogP contribution in [0, 0.1) is 16.7 Å². The molecule has 0 aliphatic rings. The van der Waals surface area contributed by atoms with E-state index in [9.17, 15) is 0 Å². The lowest BCUT2D eigenvalue weighted by Crippen LogP contribution is -2.04. The quantitative estimate of drug-likeness (QED) is 0.406. The molecule has 0 aromatic heterocycles. The van der Waals surface area contributed by atoms with E-state index in [0.29, 0.717) is 0 Å². The summed E-state index contributed by atoms with van der Waals surface area (Å²) in [5.74, 6) is 0. The van der Waals surface area contributed by atoms with Gasteiger partial charge in [-0.1, -0.05) is 11.6 Å². The average Bonchev–Trinajstić information content (AvgIpc) is 1.65. The maximum atomic E-state index is 7.98. The van der Waals surface area contributed by atoms with Crippen molar-refractivity contribution in [3.8, 4) is 6.07 Å². The lowest BCUT2D eigenvalue weighted by Gasteiger charge is -1.89. The first kappa shape index (κ1) is 6.45. The minimum atomic E-state index is -0.736. The number of nitriles is 1. The summed E-state index contributed by atoms with van der Waals surface area (Å²) in [7, 11) is 0. The van der Waals surface area contributed by atoms with Gasteiger partial charge < -0.3 is 5.41 Å².